The molecular weight excluding hydrogens is 142 g/mol. The number of hydrogen-bond acceptors (Lipinski definition) is 3. The lowest BCUT2D eigenvalue weighted by atomic mass is 9.94. The van der Waals surface area contributed by atoms with Gasteiger partial charge >= 0.3 is 0 Å². The Bertz CT molecular complexity index is 187. The summed E-state index contributed by atoms with van der Waals surface area (Å²) < 4.78 is 0. The van der Waals surface area contributed by atoms with Crippen molar-refractivity contribution < 1.29 is 10.2 Å². The molecule has 3 heteroatoms. The summed E-state index contributed by atoms with van der Waals surface area (Å²) in [4.78, 5) is 0. The van der Waals surface area contributed by atoms with Crippen molar-refractivity contribution in [3.8, 4) is 0 Å². The topological polar surface area (TPSA) is 66.5 Å². The van der Waals surface area contributed by atoms with Gasteiger partial charge in [0.2, 0.25) is 0 Å². The van der Waals surface area contributed by atoms with E-state index in [2.05, 4.69) is 0 Å². The van der Waals surface area contributed by atoms with E-state index in [1.807, 2.05) is 0 Å². The molecule has 1 aliphatic rings. The number of nitrogens with two attached hydrogens (primary N) is 1. The molecule has 1 aliphatic carbocycles. The molecule has 0 radical (unpaired) electrons. The predicted octanol–water partition coefficient (Wildman–Crippen LogP) is 0.324. The predicted molar refractivity (Wildman–Crippen MR) is 43.0 cm³/mol. The maximum Gasteiger partial charge on any atom is 0.111 e. The quantitative estimate of drug-likeness (QED) is 0.538. The van der Waals surface area contributed by atoms with Gasteiger partial charge in [-0.1, -0.05) is 6.08 Å². The summed E-state index contributed by atoms with van der Waals surface area (Å²) in [6, 6.07) is 0. The van der Waals surface area contributed by atoms with E-state index in [-0.39, 0.29) is 18.2 Å². The third kappa shape index (κ3) is 2.06. The Labute approximate surface area is 65.8 Å². The van der Waals surface area contributed by atoms with E-state index in [1.54, 1.807) is 18.2 Å². The highest BCUT2D eigenvalue weighted by molar-refractivity contribution is 5.17. The third-order valence-electron chi connectivity index (χ3n) is 1.85. The molecular formula is C8H13NO2. The smallest absolute Gasteiger partial charge is 0.111 e. The molecule has 4 N–H and O–H groups in total. The van der Waals surface area contributed by atoms with Gasteiger partial charge in [0.1, 0.15) is 5.76 Å². The van der Waals surface area contributed by atoms with Gasteiger partial charge in [-0.2, -0.15) is 0 Å². The summed E-state index contributed by atoms with van der Waals surface area (Å²) in [6.07, 6.45) is 5.24. The first kappa shape index (κ1) is 8.30. The molecule has 0 amide bonds. The van der Waals surface area contributed by atoms with Gasteiger partial charge in [0.05, 0.1) is 6.10 Å². The lowest BCUT2D eigenvalue weighted by Crippen LogP contribution is -2.28. The van der Waals surface area contributed by atoms with Gasteiger partial charge in [0.25, 0.3) is 0 Å². The lowest BCUT2D eigenvalue weighted by molar-refractivity contribution is 0.137. The van der Waals surface area contributed by atoms with Crippen LogP contribution in [-0.4, -0.2) is 22.9 Å². The van der Waals surface area contributed by atoms with Crippen molar-refractivity contribution in [2.75, 3.05) is 6.54 Å². The molecule has 0 bridgehead atoms. The third-order valence-corrected chi connectivity index (χ3v) is 1.85. The van der Waals surface area contributed by atoms with E-state index in [0.29, 0.717) is 6.42 Å². The Morgan fingerprint density at radius 1 is 1.73 bits per heavy atom. The number of allylic oxidation sites excluding steroid dienone is 2. The summed E-state index contributed by atoms with van der Waals surface area (Å²) in [5.74, 6) is 0.335. The molecule has 62 valence electrons. The van der Waals surface area contributed by atoms with Gasteiger partial charge in [-0.05, 0) is 18.6 Å². The molecule has 11 heavy (non-hydrogen) atoms. The molecule has 0 aromatic heterocycles. The lowest BCUT2D eigenvalue weighted by Gasteiger charge is -2.18. The maximum absolute atomic E-state index is 9.28. The second-order valence-corrected chi connectivity index (χ2v) is 2.69. The van der Waals surface area contributed by atoms with Crippen LogP contribution >= 0.6 is 0 Å². The Morgan fingerprint density at radius 3 is 2.91 bits per heavy atom. The fourth-order valence-corrected chi connectivity index (χ4v) is 1.09. The minimum Gasteiger partial charge on any atom is -0.508 e. The fourth-order valence-electron chi connectivity index (χ4n) is 1.09. The summed E-state index contributed by atoms with van der Waals surface area (Å²) in [7, 11) is 0. The summed E-state index contributed by atoms with van der Waals surface area (Å²) in [5, 5.41) is 18.2. The normalized spacial score (nSPS) is 26.4. The average Bonchev–Trinajstić information content (AvgIpc) is 2.05. The first-order valence-corrected chi connectivity index (χ1v) is 3.69. The number of aliphatic hydroxyl groups excluding tert-OH is 2. The van der Waals surface area contributed by atoms with Crippen LogP contribution in [-0.2, 0) is 0 Å². The van der Waals surface area contributed by atoms with Crippen LogP contribution in [0, 0.1) is 5.92 Å². The second-order valence-electron chi connectivity index (χ2n) is 2.69. The Hall–Kier alpha value is -0.800. The number of aliphatic hydroxyl groups is 2. The van der Waals surface area contributed by atoms with Crippen LogP contribution < -0.4 is 5.73 Å². The summed E-state index contributed by atoms with van der Waals surface area (Å²) in [6.45, 7) is 0.267. The van der Waals surface area contributed by atoms with Crippen molar-refractivity contribution >= 4 is 0 Å². The van der Waals surface area contributed by atoms with E-state index >= 15 is 0 Å². The zero-order valence-corrected chi connectivity index (χ0v) is 6.27. The molecule has 2 atom stereocenters. The van der Waals surface area contributed by atoms with E-state index in [9.17, 15) is 5.11 Å². The van der Waals surface area contributed by atoms with Gasteiger partial charge in [-0.25, -0.2) is 0 Å². The SMILES string of the molecule is NC[C@H](O)C1C=CC(O)=CC1. The van der Waals surface area contributed by atoms with Crippen LogP contribution in [0.5, 0.6) is 0 Å². The first-order valence-electron chi connectivity index (χ1n) is 3.69. The van der Waals surface area contributed by atoms with Crippen LogP contribution in [0.1, 0.15) is 6.42 Å². The Balaban J connectivity index is 2.48. The van der Waals surface area contributed by atoms with Gasteiger partial charge in [-0.15, -0.1) is 0 Å². The molecule has 0 aromatic carbocycles. The van der Waals surface area contributed by atoms with E-state index in [4.69, 9.17) is 10.8 Å². The Morgan fingerprint density at radius 2 is 2.45 bits per heavy atom. The van der Waals surface area contributed by atoms with Crippen molar-refractivity contribution in [3.05, 3.63) is 24.0 Å². The first-order chi connectivity index (χ1) is 5.24. The average molecular weight is 155 g/mol. The molecule has 3 nitrogen and oxygen atoms in total. The summed E-state index contributed by atoms with van der Waals surface area (Å²) >= 11 is 0. The van der Waals surface area contributed by atoms with Crippen molar-refractivity contribution in [3.63, 3.8) is 0 Å². The zero-order valence-electron chi connectivity index (χ0n) is 6.27. The van der Waals surface area contributed by atoms with Crippen molar-refractivity contribution in [2.45, 2.75) is 12.5 Å². The molecule has 1 rings (SSSR count). The van der Waals surface area contributed by atoms with Gasteiger partial charge in [0, 0.05) is 12.5 Å². The molecule has 0 saturated carbocycles. The highest BCUT2D eigenvalue weighted by Gasteiger charge is 2.15. The molecule has 0 aromatic rings. The molecule has 0 spiro atoms. The minimum absolute atomic E-state index is 0.0656. The molecule has 1 unspecified atom stereocenters. The minimum atomic E-state index is -0.490. The van der Waals surface area contributed by atoms with Gasteiger partial charge < -0.3 is 15.9 Å². The Kier molecular flexibility index (Phi) is 2.68. The van der Waals surface area contributed by atoms with Crippen LogP contribution in [0.3, 0.4) is 0 Å². The van der Waals surface area contributed by atoms with Gasteiger partial charge in [0.15, 0.2) is 0 Å². The van der Waals surface area contributed by atoms with Crippen molar-refractivity contribution in [1.82, 2.24) is 0 Å². The number of hydrogen-bond donors (Lipinski definition) is 3. The second kappa shape index (κ2) is 3.55. The monoisotopic (exact) mass is 155 g/mol. The van der Waals surface area contributed by atoms with Crippen LogP contribution in [0.4, 0.5) is 0 Å². The van der Waals surface area contributed by atoms with E-state index < -0.39 is 6.10 Å². The van der Waals surface area contributed by atoms with Crippen LogP contribution in [0.25, 0.3) is 0 Å². The zero-order chi connectivity index (χ0) is 8.27. The standard InChI is InChI=1S/C8H13NO2/c9-5-8(11)6-1-3-7(10)4-2-6/h1,3-4,6,8,10-11H,2,5,9H2/t6?,8-/m0/s1. The molecule has 0 saturated heterocycles. The van der Waals surface area contributed by atoms with E-state index in [0.717, 1.165) is 0 Å². The molecule has 0 fully saturated rings. The molecule has 0 heterocycles. The van der Waals surface area contributed by atoms with Crippen molar-refractivity contribution in [2.24, 2.45) is 11.7 Å². The van der Waals surface area contributed by atoms with E-state index in [1.165, 1.54) is 0 Å². The fraction of sp³-hybridized carbons (Fsp3) is 0.500. The van der Waals surface area contributed by atoms with Crippen molar-refractivity contribution in [1.29, 1.82) is 0 Å². The largest absolute Gasteiger partial charge is 0.508 e. The highest BCUT2D eigenvalue weighted by Crippen LogP contribution is 2.17. The highest BCUT2D eigenvalue weighted by atomic mass is 16.3. The molecule has 0 aliphatic heterocycles. The van der Waals surface area contributed by atoms with Crippen LogP contribution in [0.15, 0.2) is 24.0 Å². The van der Waals surface area contributed by atoms with Gasteiger partial charge in [-0.3, -0.25) is 0 Å². The van der Waals surface area contributed by atoms with Crippen LogP contribution in [0.2, 0.25) is 0 Å². The maximum atomic E-state index is 9.28. The summed E-state index contributed by atoms with van der Waals surface area (Å²) in [5.41, 5.74) is 5.27. The number of rotatable bonds is 2.